The highest BCUT2D eigenvalue weighted by molar-refractivity contribution is 5.75. The summed E-state index contributed by atoms with van der Waals surface area (Å²) in [6.45, 7) is 4.56. The summed E-state index contributed by atoms with van der Waals surface area (Å²) in [5.41, 5.74) is 0. The third-order valence-electron chi connectivity index (χ3n) is 3.24. The van der Waals surface area contributed by atoms with Gasteiger partial charge in [0.05, 0.1) is 6.10 Å². The number of nitrogens with one attached hydrogen (secondary N) is 1. The zero-order valence-corrected chi connectivity index (χ0v) is 10.4. The Bertz CT molecular complexity index is 213. The summed E-state index contributed by atoms with van der Waals surface area (Å²) < 4.78 is 0. The molecule has 0 spiro atoms. The van der Waals surface area contributed by atoms with Crippen LogP contribution in [0, 0.1) is 5.92 Å². The zero-order chi connectivity index (χ0) is 12.0. The summed E-state index contributed by atoms with van der Waals surface area (Å²) in [7, 11) is 1.82. The van der Waals surface area contributed by atoms with Crippen molar-refractivity contribution >= 4 is 5.91 Å². The summed E-state index contributed by atoms with van der Waals surface area (Å²) in [6, 6.07) is 0. The van der Waals surface area contributed by atoms with E-state index in [4.69, 9.17) is 5.11 Å². The first-order chi connectivity index (χ1) is 7.59. The predicted molar refractivity (Wildman–Crippen MR) is 64.1 cm³/mol. The fourth-order valence-corrected chi connectivity index (χ4v) is 1.98. The molecule has 4 heteroatoms. The molecule has 1 aliphatic rings. The van der Waals surface area contributed by atoms with Gasteiger partial charge >= 0.3 is 0 Å². The van der Waals surface area contributed by atoms with Crippen molar-refractivity contribution < 1.29 is 9.90 Å². The Labute approximate surface area is 98.0 Å². The average molecular weight is 228 g/mol. The van der Waals surface area contributed by atoms with E-state index in [-0.39, 0.29) is 12.0 Å². The minimum absolute atomic E-state index is 0.201. The maximum Gasteiger partial charge on any atom is 0.222 e. The minimum Gasteiger partial charge on any atom is -0.393 e. The number of amides is 1. The lowest BCUT2D eigenvalue weighted by atomic mass is 10.0. The number of hydrogen-bond donors (Lipinski definition) is 2. The van der Waals surface area contributed by atoms with Crippen LogP contribution >= 0.6 is 0 Å². The van der Waals surface area contributed by atoms with Crippen molar-refractivity contribution in [2.45, 2.75) is 38.7 Å². The number of rotatable bonds is 6. The van der Waals surface area contributed by atoms with Gasteiger partial charge in [0.25, 0.3) is 0 Å². The number of hydrogen-bond acceptors (Lipinski definition) is 3. The average Bonchev–Trinajstić information content (AvgIpc) is 2.75. The third kappa shape index (κ3) is 4.94. The molecule has 1 aliphatic heterocycles. The second kappa shape index (κ2) is 6.86. The molecule has 1 rings (SSSR count). The molecule has 16 heavy (non-hydrogen) atoms. The molecule has 1 amide bonds. The number of aliphatic hydroxyl groups is 1. The quantitative estimate of drug-likeness (QED) is 0.700. The largest absolute Gasteiger partial charge is 0.393 e. The van der Waals surface area contributed by atoms with Gasteiger partial charge in [-0.05, 0) is 45.2 Å². The molecule has 2 N–H and O–H groups in total. The topological polar surface area (TPSA) is 52.6 Å². The first-order valence-corrected chi connectivity index (χ1v) is 6.22. The van der Waals surface area contributed by atoms with Gasteiger partial charge in [0.15, 0.2) is 0 Å². The van der Waals surface area contributed by atoms with Crippen molar-refractivity contribution in [1.82, 2.24) is 10.2 Å². The summed E-state index contributed by atoms with van der Waals surface area (Å²) in [4.78, 5) is 13.5. The van der Waals surface area contributed by atoms with Crippen molar-refractivity contribution in [3.8, 4) is 0 Å². The normalized spacial score (nSPS) is 22.1. The minimum atomic E-state index is -0.325. The van der Waals surface area contributed by atoms with Crippen LogP contribution in [0.3, 0.4) is 0 Å². The highest BCUT2D eigenvalue weighted by atomic mass is 16.3. The molecule has 0 aromatic rings. The summed E-state index contributed by atoms with van der Waals surface area (Å²) in [5, 5.41) is 12.4. The van der Waals surface area contributed by atoms with Gasteiger partial charge in [-0.1, -0.05) is 0 Å². The Morgan fingerprint density at radius 3 is 2.94 bits per heavy atom. The van der Waals surface area contributed by atoms with E-state index in [2.05, 4.69) is 5.32 Å². The van der Waals surface area contributed by atoms with E-state index < -0.39 is 0 Å². The van der Waals surface area contributed by atoms with Crippen LogP contribution in [0.4, 0.5) is 0 Å². The maximum atomic E-state index is 11.7. The standard InChI is InChI=1S/C12H24N2O2/c1-10(15)6-8-14(2)12(16)4-3-11-5-7-13-9-11/h10-11,13,15H,3-9H2,1-2H3. The molecule has 0 saturated carbocycles. The monoisotopic (exact) mass is 228 g/mol. The lowest BCUT2D eigenvalue weighted by Crippen LogP contribution is -2.29. The van der Waals surface area contributed by atoms with Gasteiger partial charge in [-0.2, -0.15) is 0 Å². The van der Waals surface area contributed by atoms with Crippen LogP contribution < -0.4 is 5.32 Å². The van der Waals surface area contributed by atoms with Gasteiger partial charge in [-0.3, -0.25) is 4.79 Å². The number of aliphatic hydroxyl groups excluding tert-OH is 1. The maximum absolute atomic E-state index is 11.7. The summed E-state index contributed by atoms with van der Waals surface area (Å²) in [5.74, 6) is 0.877. The van der Waals surface area contributed by atoms with Gasteiger partial charge in [-0.15, -0.1) is 0 Å². The lowest BCUT2D eigenvalue weighted by Gasteiger charge is -2.18. The first-order valence-electron chi connectivity index (χ1n) is 6.22. The Hall–Kier alpha value is -0.610. The molecule has 0 aromatic carbocycles. The second-order valence-electron chi connectivity index (χ2n) is 4.85. The molecule has 1 fully saturated rings. The van der Waals surface area contributed by atoms with Crippen molar-refractivity contribution in [1.29, 1.82) is 0 Å². The number of nitrogens with zero attached hydrogens (tertiary/aromatic N) is 1. The fraction of sp³-hybridized carbons (Fsp3) is 0.917. The smallest absolute Gasteiger partial charge is 0.222 e. The van der Waals surface area contributed by atoms with Crippen molar-refractivity contribution in [2.75, 3.05) is 26.7 Å². The van der Waals surface area contributed by atoms with Gasteiger partial charge < -0.3 is 15.3 Å². The van der Waals surface area contributed by atoms with Crippen LogP contribution in [0.1, 0.15) is 32.6 Å². The van der Waals surface area contributed by atoms with Crippen LogP contribution in [-0.4, -0.2) is 48.7 Å². The molecule has 0 radical (unpaired) electrons. The third-order valence-corrected chi connectivity index (χ3v) is 3.24. The van der Waals surface area contributed by atoms with Crippen molar-refractivity contribution in [2.24, 2.45) is 5.92 Å². The van der Waals surface area contributed by atoms with Crippen molar-refractivity contribution in [3.05, 3.63) is 0 Å². The molecule has 1 saturated heterocycles. The molecular formula is C12H24N2O2. The van der Waals surface area contributed by atoms with Gasteiger partial charge in [-0.25, -0.2) is 0 Å². The van der Waals surface area contributed by atoms with Crippen LogP contribution in [-0.2, 0) is 4.79 Å². The lowest BCUT2D eigenvalue weighted by molar-refractivity contribution is -0.130. The highest BCUT2D eigenvalue weighted by Crippen LogP contribution is 2.14. The second-order valence-corrected chi connectivity index (χ2v) is 4.85. The molecule has 0 aromatic heterocycles. The number of carbonyl (C=O) groups is 1. The molecule has 1 heterocycles. The summed E-state index contributed by atoms with van der Waals surface area (Å²) in [6.07, 6.45) is 3.17. The van der Waals surface area contributed by atoms with Crippen LogP contribution in [0.5, 0.6) is 0 Å². The first kappa shape index (κ1) is 13.5. The van der Waals surface area contributed by atoms with Crippen LogP contribution in [0.15, 0.2) is 0 Å². The van der Waals surface area contributed by atoms with Gasteiger partial charge in [0.2, 0.25) is 5.91 Å². The van der Waals surface area contributed by atoms with Crippen LogP contribution in [0.2, 0.25) is 0 Å². The predicted octanol–water partition coefficient (Wildman–Crippen LogP) is 0.605. The van der Waals surface area contributed by atoms with Crippen LogP contribution in [0.25, 0.3) is 0 Å². The van der Waals surface area contributed by atoms with E-state index in [0.717, 1.165) is 19.5 Å². The zero-order valence-electron chi connectivity index (χ0n) is 10.4. The molecule has 94 valence electrons. The SMILES string of the molecule is CC(O)CCN(C)C(=O)CCC1CCNC1. The van der Waals surface area contributed by atoms with Gasteiger partial charge in [0, 0.05) is 20.0 Å². The van der Waals surface area contributed by atoms with Crippen molar-refractivity contribution in [3.63, 3.8) is 0 Å². The molecule has 4 nitrogen and oxygen atoms in total. The Kier molecular flexibility index (Phi) is 5.77. The number of carbonyl (C=O) groups excluding carboxylic acids is 1. The Morgan fingerprint density at radius 2 is 2.38 bits per heavy atom. The molecule has 2 atom stereocenters. The molecule has 2 unspecified atom stereocenters. The summed E-state index contributed by atoms with van der Waals surface area (Å²) >= 11 is 0. The van der Waals surface area contributed by atoms with E-state index in [1.165, 1.54) is 6.42 Å². The van der Waals surface area contributed by atoms with E-state index in [1.807, 2.05) is 7.05 Å². The molecule has 0 bridgehead atoms. The van der Waals surface area contributed by atoms with E-state index in [9.17, 15) is 4.79 Å². The Balaban J connectivity index is 2.12. The van der Waals surface area contributed by atoms with Gasteiger partial charge in [0.1, 0.15) is 0 Å². The van der Waals surface area contributed by atoms with E-state index >= 15 is 0 Å². The fourth-order valence-electron chi connectivity index (χ4n) is 1.98. The Morgan fingerprint density at radius 1 is 1.62 bits per heavy atom. The van der Waals surface area contributed by atoms with E-state index in [1.54, 1.807) is 11.8 Å². The highest BCUT2D eigenvalue weighted by Gasteiger charge is 2.17. The molecular weight excluding hydrogens is 204 g/mol. The van der Waals surface area contributed by atoms with E-state index in [0.29, 0.717) is 25.3 Å². The molecule has 0 aliphatic carbocycles.